The molecule has 2 N–H and O–H groups in total. The highest BCUT2D eigenvalue weighted by Crippen LogP contribution is 2.20. The van der Waals surface area contributed by atoms with Crippen molar-refractivity contribution in [3.05, 3.63) is 65.6 Å². The summed E-state index contributed by atoms with van der Waals surface area (Å²) in [6.07, 6.45) is 0.850. The maximum atomic E-state index is 13.1. The summed E-state index contributed by atoms with van der Waals surface area (Å²) in [4.78, 5) is 15.2. The molecule has 4 heteroatoms. The van der Waals surface area contributed by atoms with Crippen molar-refractivity contribution in [2.24, 2.45) is 0 Å². The van der Waals surface area contributed by atoms with Crippen LogP contribution in [0.1, 0.15) is 17.7 Å². The second-order valence-electron chi connectivity index (χ2n) is 5.43. The van der Waals surface area contributed by atoms with Crippen LogP contribution in [0.25, 0.3) is 10.9 Å². The minimum Gasteiger partial charge on any atom is -0.359 e. The Bertz CT molecular complexity index is 823. The van der Waals surface area contributed by atoms with Gasteiger partial charge in [-0.05, 0) is 55.3 Å². The summed E-state index contributed by atoms with van der Waals surface area (Å²) in [7, 11) is 0. The number of aromatic nitrogens is 1. The largest absolute Gasteiger partial charge is 0.359 e. The van der Waals surface area contributed by atoms with E-state index in [1.54, 1.807) is 6.07 Å². The molecule has 0 aliphatic carbocycles. The van der Waals surface area contributed by atoms with Crippen LogP contribution in [-0.2, 0) is 11.2 Å². The molecule has 0 fully saturated rings. The monoisotopic (exact) mass is 296 g/mol. The molecule has 1 amide bonds. The molecule has 112 valence electrons. The third kappa shape index (κ3) is 3.34. The van der Waals surface area contributed by atoms with Gasteiger partial charge in [-0.25, -0.2) is 4.39 Å². The molecule has 0 bridgehead atoms. The average molecular weight is 296 g/mol. The van der Waals surface area contributed by atoms with Gasteiger partial charge in [0.25, 0.3) is 0 Å². The van der Waals surface area contributed by atoms with Gasteiger partial charge in [0.15, 0.2) is 0 Å². The molecule has 1 heterocycles. The number of hydrogen-bond donors (Lipinski definition) is 2. The Morgan fingerprint density at radius 1 is 1.18 bits per heavy atom. The first-order valence-corrected chi connectivity index (χ1v) is 7.24. The number of rotatable bonds is 4. The number of hydrogen-bond acceptors (Lipinski definition) is 1. The molecule has 3 rings (SSSR count). The Balaban J connectivity index is 1.62. The van der Waals surface area contributed by atoms with Crippen molar-refractivity contribution in [2.45, 2.75) is 19.8 Å². The fourth-order valence-electron chi connectivity index (χ4n) is 2.53. The van der Waals surface area contributed by atoms with Crippen LogP contribution in [-0.4, -0.2) is 10.9 Å². The van der Waals surface area contributed by atoms with Crippen molar-refractivity contribution in [1.82, 2.24) is 4.98 Å². The van der Waals surface area contributed by atoms with Crippen molar-refractivity contribution >= 4 is 22.5 Å². The Morgan fingerprint density at radius 2 is 2.05 bits per heavy atom. The minimum atomic E-state index is -0.272. The van der Waals surface area contributed by atoms with E-state index in [9.17, 15) is 9.18 Å². The van der Waals surface area contributed by atoms with Crippen molar-refractivity contribution in [1.29, 1.82) is 0 Å². The number of H-pyrrole nitrogens is 1. The summed E-state index contributed by atoms with van der Waals surface area (Å²) >= 11 is 0. The molecular formula is C18H17FN2O. The minimum absolute atomic E-state index is 0.0733. The highest BCUT2D eigenvalue weighted by atomic mass is 19.1. The number of benzene rings is 2. The average Bonchev–Trinajstić information content (AvgIpc) is 2.84. The maximum absolute atomic E-state index is 13.1. The highest BCUT2D eigenvalue weighted by Gasteiger charge is 2.05. The number of carbonyl (C=O) groups excluding carboxylic acids is 1. The van der Waals surface area contributed by atoms with Crippen molar-refractivity contribution < 1.29 is 9.18 Å². The topological polar surface area (TPSA) is 44.9 Å². The molecule has 3 nitrogen and oxygen atoms in total. The van der Waals surface area contributed by atoms with E-state index in [0.717, 1.165) is 27.8 Å². The van der Waals surface area contributed by atoms with Crippen LogP contribution >= 0.6 is 0 Å². The molecule has 0 spiro atoms. The second-order valence-corrected chi connectivity index (χ2v) is 5.43. The second kappa shape index (κ2) is 6.02. The van der Waals surface area contributed by atoms with E-state index >= 15 is 0 Å². The summed E-state index contributed by atoms with van der Waals surface area (Å²) in [5, 5.41) is 3.95. The molecule has 0 saturated carbocycles. The fourth-order valence-corrected chi connectivity index (χ4v) is 2.53. The van der Waals surface area contributed by atoms with Gasteiger partial charge in [0.2, 0.25) is 5.91 Å². The third-order valence-electron chi connectivity index (χ3n) is 3.57. The van der Waals surface area contributed by atoms with Crippen LogP contribution < -0.4 is 5.32 Å². The molecule has 0 saturated heterocycles. The first kappa shape index (κ1) is 14.3. The maximum Gasteiger partial charge on any atom is 0.224 e. The molecule has 1 aromatic heterocycles. The van der Waals surface area contributed by atoms with E-state index in [-0.39, 0.29) is 11.7 Å². The number of carbonyl (C=O) groups is 1. The molecule has 2 aromatic carbocycles. The quantitative estimate of drug-likeness (QED) is 0.745. The van der Waals surface area contributed by atoms with Gasteiger partial charge in [-0.3, -0.25) is 4.79 Å². The summed E-state index contributed by atoms with van der Waals surface area (Å²) in [6.45, 7) is 2.00. The smallest absolute Gasteiger partial charge is 0.224 e. The van der Waals surface area contributed by atoms with E-state index in [1.165, 1.54) is 12.1 Å². The van der Waals surface area contributed by atoms with Crippen LogP contribution in [0.5, 0.6) is 0 Å². The lowest BCUT2D eigenvalue weighted by Crippen LogP contribution is -2.12. The van der Waals surface area contributed by atoms with E-state index in [2.05, 4.69) is 10.3 Å². The van der Waals surface area contributed by atoms with Crippen molar-refractivity contribution in [2.75, 3.05) is 5.32 Å². The first-order chi connectivity index (χ1) is 10.6. The molecule has 0 aliphatic rings. The van der Waals surface area contributed by atoms with Gasteiger partial charge in [-0.2, -0.15) is 0 Å². The molecular weight excluding hydrogens is 279 g/mol. The summed E-state index contributed by atoms with van der Waals surface area (Å²) in [5.41, 5.74) is 3.74. The summed E-state index contributed by atoms with van der Waals surface area (Å²) in [6, 6.07) is 14.1. The van der Waals surface area contributed by atoms with E-state index in [1.807, 2.05) is 37.3 Å². The van der Waals surface area contributed by atoms with Gasteiger partial charge >= 0.3 is 0 Å². The van der Waals surface area contributed by atoms with Gasteiger partial charge in [-0.15, -0.1) is 0 Å². The number of aromatic amines is 1. The standard InChI is InChI=1S/C18H17FN2O/c1-12-9-14-11-16(6-7-17(14)20-12)21-18(22)8-5-13-3-2-4-15(19)10-13/h2-4,6-7,9-11,20H,5,8H2,1H3,(H,21,22). The highest BCUT2D eigenvalue weighted by molar-refractivity contribution is 5.94. The zero-order chi connectivity index (χ0) is 15.5. The van der Waals surface area contributed by atoms with Crippen LogP contribution in [0.2, 0.25) is 0 Å². The first-order valence-electron chi connectivity index (χ1n) is 7.24. The Hall–Kier alpha value is -2.62. The number of halogens is 1. The Labute approximate surface area is 128 Å². The molecule has 3 aromatic rings. The number of anilines is 1. The lowest BCUT2D eigenvalue weighted by Gasteiger charge is -2.06. The lowest BCUT2D eigenvalue weighted by molar-refractivity contribution is -0.116. The number of nitrogens with one attached hydrogen (secondary N) is 2. The fraction of sp³-hybridized carbons (Fsp3) is 0.167. The molecule has 0 atom stereocenters. The number of fused-ring (bicyclic) bond motifs is 1. The van der Waals surface area contributed by atoms with Gasteiger partial charge in [0.1, 0.15) is 5.82 Å². The zero-order valence-corrected chi connectivity index (χ0v) is 12.3. The Morgan fingerprint density at radius 3 is 2.86 bits per heavy atom. The molecule has 0 unspecified atom stereocenters. The SMILES string of the molecule is Cc1cc2cc(NC(=O)CCc3cccc(F)c3)ccc2[nH]1. The molecule has 0 radical (unpaired) electrons. The Kier molecular flexibility index (Phi) is 3.92. The van der Waals surface area contributed by atoms with Crippen LogP contribution in [0.4, 0.5) is 10.1 Å². The predicted octanol–water partition coefficient (Wildman–Crippen LogP) is 4.19. The summed E-state index contributed by atoms with van der Waals surface area (Å²) < 4.78 is 13.1. The number of aryl methyl sites for hydroxylation is 2. The normalized spacial score (nSPS) is 10.8. The van der Waals surface area contributed by atoms with Crippen LogP contribution in [0.3, 0.4) is 0 Å². The van der Waals surface area contributed by atoms with Crippen molar-refractivity contribution in [3.63, 3.8) is 0 Å². The predicted molar refractivity (Wildman–Crippen MR) is 86.4 cm³/mol. The van der Waals surface area contributed by atoms with E-state index in [0.29, 0.717) is 12.8 Å². The summed E-state index contributed by atoms with van der Waals surface area (Å²) in [5.74, 6) is -0.345. The lowest BCUT2D eigenvalue weighted by atomic mass is 10.1. The van der Waals surface area contributed by atoms with Crippen LogP contribution in [0.15, 0.2) is 48.5 Å². The number of amides is 1. The van der Waals surface area contributed by atoms with Gasteiger partial charge in [-0.1, -0.05) is 12.1 Å². The van der Waals surface area contributed by atoms with Crippen molar-refractivity contribution in [3.8, 4) is 0 Å². The van der Waals surface area contributed by atoms with Gasteiger partial charge in [0, 0.05) is 28.7 Å². The molecule has 0 aliphatic heterocycles. The zero-order valence-electron chi connectivity index (χ0n) is 12.3. The van der Waals surface area contributed by atoms with E-state index in [4.69, 9.17) is 0 Å². The van der Waals surface area contributed by atoms with Crippen LogP contribution in [0, 0.1) is 12.7 Å². The van der Waals surface area contributed by atoms with E-state index < -0.39 is 0 Å². The third-order valence-corrected chi connectivity index (χ3v) is 3.57. The van der Waals surface area contributed by atoms with Gasteiger partial charge in [0.05, 0.1) is 0 Å². The molecule has 22 heavy (non-hydrogen) atoms. The van der Waals surface area contributed by atoms with Gasteiger partial charge < -0.3 is 10.3 Å².